The molecule has 1 fully saturated rings. The first-order chi connectivity index (χ1) is 9.98. The van der Waals surface area contributed by atoms with Gasteiger partial charge in [-0.1, -0.05) is 0 Å². The second-order valence-corrected chi connectivity index (χ2v) is 5.76. The van der Waals surface area contributed by atoms with E-state index in [0.717, 1.165) is 19.4 Å². The predicted octanol–water partition coefficient (Wildman–Crippen LogP) is 1.94. The topological polar surface area (TPSA) is 78.9 Å². The van der Waals surface area contributed by atoms with Crippen LogP contribution in [0.5, 0.6) is 0 Å². The number of benzene rings is 1. The first-order valence-corrected chi connectivity index (χ1v) is 6.95. The molecule has 0 radical (unpaired) electrons. The highest BCUT2D eigenvalue weighted by Gasteiger charge is 2.32. The zero-order chi connectivity index (χ0) is 15.0. The number of tetrazole rings is 1. The first-order valence-electron chi connectivity index (χ1n) is 6.95. The Balaban J connectivity index is 1.99. The van der Waals surface area contributed by atoms with Crippen LogP contribution < -0.4 is 5.73 Å². The Kier molecular flexibility index (Phi) is 3.36. The van der Waals surface area contributed by atoms with Crippen molar-refractivity contribution in [2.75, 3.05) is 12.3 Å². The third-order valence-electron chi connectivity index (χ3n) is 3.83. The van der Waals surface area contributed by atoms with Gasteiger partial charge in [0, 0.05) is 12.3 Å². The molecule has 2 N–H and O–H groups in total. The number of nitrogens with zero attached hydrogens (tertiary/aromatic N) is 4. The Morgan fingerprint density at radius 2 is 2.29 bits per heavy atom. The number of nitrogen functional groups attached to an aromatic ring is 1. The number of aromatic nitrogens is 4. The van der Waals surface area contributed by atoms with E-state index in [4.69, 9.17) is 10.5 Å². The summed E-state index contributed by atoms with van der Waals surface area (Å²) in [6, 6.07) is 3.15. The van der Waals surface area contributed by atoms with E-state index >= 15 is 0 Å². The van der Waals surface area contributed by atoms with Crippen molar-refractivity contribution in [3.63, 3.8) is 0 Å². The lowest BCUT2D eigenvalue weighted by atomic mass is 10.0. The lowest BCUT2D eigenvalue weighted by Crippen LogP contribution is -2.30. The van der Waals surface area contributed by atoms with Gasteiger partial charge < -0.3 is 10.5 Å². The maximum Gasteiger partial charge on any atom is 0.185 e. The molecule has 0 amide bonds. The van der Waals surface area contributed by atoms with Gasteiger partial charge >= 0.3 is 0 Å². The van der Waals surface area contributed by atoms with Gasteiger partial charge in [-0.3, -0.25) is 0 Å². The van der Waals surface area contributed by atoms with E-state index in [2.05, 4.69) is 15.5 Å². The molecule has 0 aliphatic carbocycles. The molecular weight excluding hydrogens is 273 g/mol. The van der Waals surface area contributed by atoms with Crippen LogP contribution in [0.25, 0.3) is 11.4 Å². The predicted molar refractivity (Wildman–Crippen MR) is 76.0 cm³/mol. The molecule has 0 saturated carbocycles. The highest BCUT2D eigenvalue weighted by atomic mass is 19.1. The molecule has 3 rings (SSSR count). The summed E-state index contributed by atoms with van der Waals surface area (Å²) < 4.78 is 21.7. The van der Waals surface area contributed by atoms with Gasteiger partial charge in [0.25, 0.3) is 0 Å². The molecule has 1 aromatic heterocycles. The second-order valence-electron chi connectivity index (χ2n) is 5.76. The van der Waals surface area contributed by atoms with Crippen molar-refractivity contribution in [2.45, 2.75) is 38.8 Å². The van der Waals surface area contributed by atoms with Gasteiger partial charge in [0.2, 0.25) is 0 Å². The smallest absolute Gasteiger partial charge is 0.185 e. The van der Waals surface area contributed by atoms with Crippen molar-refractivity contribution >= 4 is 5.69 Å². The molecule has 2 heterocycles. The van der Waals surface area contributed by atoms with Crippen molar-refractivity contribution < 1.29 is 9.13 Å². The number of halogens is 1. The van der Waals surface area contributed by atoms with E-state index < -0.39 is 0 Å². The number of nitrogens with two attached hydrogens (primary N) is 1. The van der Waals surface area contributed by atoms with Gasteiger partial charge in [0.1, 0.15) is 5.82 Å². The van der Waals surface area contributed by atoms with Crippen molar-refractivity contribution in [2.24, 2.45) is 0 Å². The van der Waals surface area contributed by atoms with Crippen LogP contribution in [0.15, 0.2) is 12.1 Å². The van der Waals surface area contributed by atoms with Crippen molar-refractivity contribution in [3.05, 3.63) is 23.5 Å². The first kappa shape index (κ1) is 13.9. The molecule has 1 atom stereocenters. The standard InChI is InChI=1S/C14H18FN5O/c1-9-6-10(16)7-11(12(9)15)13-17-18-19-20(13)8-14(2)4-3-5-21-14/h6-7H,3-5,8,16H2,1-2H3. The van der Waals surface area contributed by atoms with E-state index in [0.29, 0.717) is 29.2 Å². The molecule has 1 aromatic carbocycles. The van der Waals surface area contributed by atoms with Gasteiger partial charge in [-0.15, -0.1) is 5.10 Å². The summed E-state index contributed by atoms with van der Waals surface area (Å²) in [7, 11) is 0. The average molecular weight is 291 g/mol. The monoisotopic (exact) mass is 291 g/mol. The Hall–Kier alpha value is -2.02. The molecular formula is C14H18FN5O. The molecule has 7 heteroatoms. The van der Waals surface area contributed by atoms with Crippen molar-refractivity contribution in [1.29, 1.82) is 0 Å². The lowest BCUT2D eigenvalue weighted by Gasteiger charge is -2.23. The summed E-state index contributed by atoms with van der Waals surface area (Å²) in [5, 5.41) is 11.6. The Bertz CT molecular complexity index is 663. The van der Waals surface area contributed by atoms with Gasteiger partial charge in [0.05, 0.1) is 17.7 Å². The van der Waals surface area contributed by atoms with E-state index in [1.54, 1.807) is 23.7 Å². The fourth-order valence-corrected chi connectivity index (χ4v) is 2.74. The number of ether oxygens (including phenoxy) is 1. The minimum Gasteiger partial charge on any atom is -0.399 e. The highest BCUT2D eigenvalue weighted by Crippen LogP contribution is 2.30. The molecule has 0 spiro atoms. The number of hydrogen-bond acceptors (Lipinski definition) is 5. The fraction of sp³-hybridized carbons (Fsp3) is 0.500. The third-order valence-corrected chi connectivity index (χ3v) is 3.83. The van der Waals surface area contributed by atoms with Crippen LogP contribution in [0.1, 0.15) is 25.3 Å². The van der Waals surface area contributed by atoms with Crippen LogP contribution in [0.4, 0.5) is 10.1 Å². The Morgan fingerprint density at radius 1 is 1.48 bits per heavy atom. The summed E-state index contributed by atoms with van der Waals surface area (Å²) in [6.45, 7) is 4.92. The number of aryl methyl sites for hydroxylation is 1. The summed E-state index contributed by atoms with van der Waals surface area (Å²) in [5.41, 5.74) is 6.78. The summed E-state index contributed by atoms with van der Waals surface area (Å²) in [4.78, 5) is 0. The minimum atomic E-state index is -0.349. The van der Waals surface area contributed by atoms with Crippen LogP contribution in [0, 0.1) is 12.7 Å². The molecule has 1 aliphatic rings. The quantitative estimate of drug-likeness (QED) is 0.874. The van der Waals surface area contributed by atoms with E-state index in [1.165, 1.54) is 0 Å². The number of rotatable bonds is 3. The normalized spacial score (nSPS) is 21.9. The third kappa shape index (κ3) is 2.61. The van der Waals surface area contributed by atoms with Crippen LogP contribution in [-0.4, -0.2) is 32.4 Å². The Labute approximate surface area is 122 Å². The van der Waals surface area contributed by atoms with Gasteiger partial charge in [-0.05, 0) is 54.8 Å². The number of hydrogen-bond donors (Lipinski definition) is 1. The van der Waals surface area contributed by atoms with Gasteiger partial charge in [-0.25, -0.2) is 9.07 Å². The maximum absolute atomic E-state index is 14.3. The molecule has 2 aromatic rings. The molecule has 21 heavy (non-hydrogen) atoms. The van der Waals surface area contributed by atoms with Crippen molar-refractivity contribution in [1.82, 2.24) is 20.2 Å². The summed E-state index contributed by atoms with van der Waals surface area (Å²) >= 11 is 0. The van der Waals surface area contributed by atoms with Gasteiger partial charge in [0.15, 0.2) is 5.82 Å². The van der Waals surface area contributed by atoms with E-state index in [1.807, 2.05) is 6.92 Å². The van der Waals surface area contributed by atoms with E-state index in [9.17, 15) is 4.39 Å². The molecule has 112 valence electrons. The van der Waals surface area contributed by atoms with Crippen LogP contribution >= 0.6 is 0 Å². The zero-order valence-corrected chi connectivity index (χ0v) is 12.1. The molecule has 1 aliphatic heterocycles. The fourth-order valence-electron chi connectivity index (χ4n) is 2.74. The van der Waals surface area contributed by atoms with Crippen LogP contribution in [0.2, 0.25) is 0 Å². The summed E-state index contributed by atoms with van der Waals surface area (Å²) in [6.07, 6.45) is 1.95. The molecule has 0 bridgehead atoms. The van der Waals surface area contributed by atoms with E-state index in [-0.39, 0.29) is 11.4 Å². The maximum atomic E-state index is 14.3. The van der Waals surface area contributed by atoms with Crippen LogP contribution in [-0.2, 0) is 11.3 Å². The molecule has 1 saturated heterocycles. The Morgan fingerprint density at radius 3 is 3.00 bits per heavy atom. The van der Waals surface area contributed by atoms with Crippen LogP contribution in [0.3, 0.4) is 0 Å². The molecule has 6 nitrogen and oxygen atoms in total. The SMILES string of the molecule is Cc1cc(N)cc(-c2nnnn2CC2(C)CCCO2)c1F. The number of anilines is 1. The highest BCUT2D eigenvalue weighted by molar-refractivity contribution is 5.63. The zero-order valence-electron chi connectivity index (χ0n) is 12.1. The van der Waals surface area contributed by atoms with Gasteiger partial charge in [-0.2, -0.15) is 0 Å². The second kappa shape index (κ2) is 5.07. The summed E-state index contributed by atoms with van der Waals surface area (Å²) in [5.74, 6) is 0.0253. The van der Waals surface area contributed by atoms with Crippen molar-refractivity contribution in [3.8, 4) is 11.4 Å². The minimum absolute atomic E-state index is 0.310. The largest absolute Gasteiger partial charge is 0.399 e. The average Bonchev–Trinajstić information content (AvgIpc) is 3.04. The lowest BCUT2D eigenvalue weighted by molar-refractivity contribution is 0.00354. The molecule has 1 unspecified atom stereocenters.